The van der Waals surface area contributed by atoms with Gasteiger partial charge >= 0.3 is 0 Å². The second-order valence-corrected chi connectivity index (χ2v) is 14.7. The molecule has 0 aliphatic heterocycles. The highest BCUT2D eigenvalue weighted by molar-refractivity contribution is 7.11. The number of hydrogen-bond acceptors (Lipinski definition) is 0. The van der Waals surface area contributed by atoms with Crippen molar-refractivity contribution in [3.8, 4) is 0 Å². The van der Waals surface area contributed by atoms with Crippen LogP contribution in [0.2, 0.25) is 6.04 Å². The van der Waals surface area contributed by atoms with Crippen molar-refractivity contribution in [2.45, 2.75) is 109 Å². The van der Waals surface area contributed by atoms with Gasteiger partial charge in [0, 0.05) is 0 Å². The second kappa shape index (κ2) is 17.4. The Balaban J connectivity index is 1.45. The monoisotopic (exact) mass is 498 g/mol. The lowest BCUT2D eigenvalue weighted by atomic mass is 10.0. The fraction of sp³-hybridized carbons (Fsp3) is 0.486. The maximum atomic E-state index is 2.39. The Kier molecular flexibility index (Phi) is 13.7. The number of benzene rings is 3. The summed E-state index contributed by atoms with van der Waals surface area (Å²) in [4.78, 5) is 0. The van der Waals surface area contributed by atoms with E-state index in [2.05, 4.69) is 97.9 Å². The van der Waals surface area contributed by atoms with Crippen LogP contribution in [-0.4, -0.2) is 8.07 Å². The topological polar surface area (TPSA) is 0 Å². The van der Waals surface area contributed by atoms with Crippen LogP contribution in [-0.2, 0) is 0 Å². The van der Waals surface area contributed by atoms with E-state index >= 15 is 0 Å². The zero-order valence-electron chi connectivity index (χ0n) is 23.0. The number of unbranched alkanes of at least 4 members (excludes halogenated alkanes) is 14. The molecule has 0 bridgehead atoms. The van der Waals surface area contributed by atoms with Gasteiger partial charge in [0.25, 0.3) is 0 Å². The van der Waals surface area contributed by atoms with Gasteiger partial charge in [0.05, 0.1) is 0 Å². The van der Waals surface area contributed by atoms with Crippen molar-refractivity contribution in [2.24, 2.45) is 0 Å². The molecule has 0 spiro atoms. The summed E-state index contributed by atoms with van der Waals surface area (Å²) in [5.74, 6) is 0. The molecule has 0 heterocycles. The molecular formula is C35H50Si. The molecule has 3 aromatic carbocycles. The van der Waals surface area contributed by atoms with Crippen LogP contribution >= 0.6 is 0 Å². The first-order valence-electron chi connectivity index (χ1n) is 15.0. The summed E-state index contributed by atoms with van der Waals surface area (Å²) in [5.41, 5.74) is 0. The maximum Gasteiger partial charge on any atom is 0.148 e. The number of rotatable bonds is 19. The zero-order chi connectivity index (χ0) is 25.2. The fourth-order valence-electron chi connectivity index (χ4n) is 5.86. The number of hydrogen-bond donors (Lipinski definition) is 0. The van der Waals surface area contributed by atoms with Crippen molar-refractivity contribution in [1.29, 1.82) is 0 Å². The average molecular weight is 499 g/mol. The first-order valence-corrected chi connectivity index (χ1v) is 17.2. The molecule has 0 unspecified atom stereocenters. The molecule has 0 aromatic heterocycles. The summed E-state index contributed by atoms with van der Waals surface area (Å²) in [5, 5.41) is 4.65. The Morgan fingerprint density at radius 1 is 0.361 bits per heavy atom. The van der Waals surface area contributed by atoms with Crippen LogP contribution in [0, 0.1) is 0 Å². The van der Waals surface area contributed by atoms with Gasteiger partial charge in [0.1, 0.15) is 8.07 Å². The zero-order valence-corrected chi connectivity index (χ0v) is 24.0. The third-order valence-corrected chi connectivity index (χ3v) is 13.0. The fourth-order valence-corrected chi connectivity index (χ4v) is 10.8. The molecule has 0 atom stereocenters. The summed E-state index contributed by atoms with van der Waals surface area (Å²) in [7, 11) is -2.03. The molecule has 1 heteroatoms. The van der Waals surface area contributed by atoms with Crippen LogP contribution in [0.5, 0.6) is 0 Å². The van der Waals surface area contributed by atoms with E-state index in [-0.39, 0.29) is 0 Å². The third kappa shape index (κ3) is 9.07. The van der Waals surface area contributed by atoms with E-state index in [0.717, 1.165) is 0 Å². The molecule has 3 aromatic rings. The first-order chi connectivity index (χ1) is 17.9. The molecule has 3 rings (SSSR count). The smallest absolute Gasteiger partial charge is 0.0654 e. The molecule has 0 saturated heterocycles. The molecule has 0 nitrogen and oxygen atoms in total. The van der Waals surface area contributed by atoms with E-state index in [1.165, 1.54) is 102 Å². The van der Waals surface area contributed by atoms with Gasteiger partial charge in [-0.3, -0.25) is 0 Å². The Bertz CT molecular complexity index is 806. The van der Waals surface area contributed by atoms with Gasteiger partial charge in [-0.2, -0.15) is 0 Å². The van der Waals surface area contributed by atoms with Gasteiger partial charge in [-0.05, 0) is 21.6 Å². The average Bonchev–Trinajstić information content (AvgIpc) is 2.94. The van der Waals surface area contributed by atoms with E-state index < -0.39 is 8.07 Å². The van der Waals surface area contributed by atoms with Gasteiger partial charge in [0.15, 0.2) is 0 Å². The molecule has 0 amide bonds. The van der Waals surface area contributed by atoms with E-state index in [9.17, 15) is 0 Å². The summed E-state index contributed by atoms with van der Waals surface area (Å²) in [6.07, 6.45) is 21.3. The highest BCUT2D eigenvalue weighted by atomic mass is 28.3. The molecule has 0 radical (unpaired) electrons. The quantitative estimate of drug-likeness (QED) is 0.0878. The Labute approximate surface area is 223 Å². The van der Waals surface area contributed by atoms with E-state index in [1.807, 2.05) is 0 Å². The van der Waals surface area contributed by atoms with Gasteiger partial charge in [-0.1, -0.05) is 194 Å². The minimum absolute atomic E-state index is 1.29. The maximum absolute atomic E-state index is 2.39. The van der Waals surface area contributed by atoms with Crippen molar-refractivity contribution < 1.29 is 0 Å². The van der Waals surface area contributed by atoms with Crippen LogP contribution in [0.1, 0.15) is 103 Å². The van der Waals surface area contributed by atoms with Crippen molar-refractivity contribution in [1.82, 2.24) is 0 Å². The first kappa shape index (κ1) is 28.4. The summed E-state index contributed by atoms with van der Waals surface area (Å²) in [6, 6.07) is 35.5. The second-order valence-electron chi connectivity index (χ2n) is 10.7. The van der Waals surface area contributed by atoms with Gasteiger partial charge in [-0.25, -0.2) is 0 Å². The standard InChI is InChI=1S/C35H50Si/c1-2-3-4-5-6-7-8-9-10-11-12-13-14-15-25-32-36(33-26-19-16-20-27-33,34-28-21-17-22-29-34)35-30-23-18-24-31-35/h16-24,26-31H,2-15,25,32H2,1H3. The highest BCUT2D eigenvalue weighted by Crippen LogP contribution is 2.19. The van der Waals surface area contributed by atoms with Crippen LogP contribution < -0.4 is 15.6 Å². The lowest BCUT2D eigenvalue weighted by Gasteiger charge is -2.34. The van der Waals surface area contributed by atoms with Crippen molar-refractivity contribution in [3.63, 3.8) is 0 Å². The normalized spacial score (nSPS) is 11.6. The minimum atomic E-state index is -2.03. The molecule has 0 saturated carbocycles. The molecule has 0 aliphatic carbocycles. The Morgan fingerprint density at radius 2 is 0.639 bits per heavy atom. The van der Waals surface area contributed by atoms with Crippen molar-refractivity contribution >= 4 is 23.6 Å². The Hall–Kier alpha value is -2.12. The van der Waals surface area contributed by atoms with Crippen LogP contribution in [0.3, 0.4) is 0 Å². The molecule has 0 N–H and O–H groups in total. The van der Waals surface area contributed by atoms with Crippen molar-refractivity contribution in [3.05, 3.63) is 91.0 Å². The molecule has 0 fully saturated rings. The third-order valence-electron chi connectivity index (χ3n) is 7.96. The predicted octanol–water partition coefficient (Wildman–Crippen LogP) is 9.03. The van der Waals surface area contributed by atoms with Gasteiger partial charge in [-0.15, -0.1) is 0 Å². The molecule has 36 heavy (non-hydrogen) atoms. The van der Waals surface area contributed by atoms with Crippen LogP contribution in [0.25, 0.3) is 0 Å². The molecule has 0 aliphatic rings. The van der Waals surface area contributed by atoms with Crippen molar-refractivity contribution in [2.75, 3.05) is 0 Å². The van der Waals surface area contributed by atoms with Crippen LogP contribution in [0.15, 0.2) is 91.0 Å². The molecular weight excluding hydrogens is 448 g/mol. The van der Waals surface area contributed by atoms with E-state index in [4.69, 9.17) is 0 Å². The highest BCUT2D eigenvalue weighted by Gasteiger charge is 2.38. The molecule has 194 valence electrons. The van der Waals surface area contributed by atoms with E-state index in [1.54, 1.807) is 15.6 Å². The van der Waals surface area contributed by atoms with Gasteiger partial charge < -0.3 is 0 Å². The van der Waals surface area contributed by atoms with Crippen LogP contribution in [0.4, 0.5) is 0 Å². The predicted molar refractivity (Wildman–Crippen MR) is 164 cm³/mol. The largest absolute Gasteiger partial charge is 0.148 e. The van der Waals surface area contributed by atoms with Gasteiger partial charge in [0.2, 0.25) is 0 Å². The summed E-state index contributed by atoms with van der Waals surface area (Å²) >= 11 is 0. The Morgan fingerprint density at radius 3 is 0.944 bits per heavy atom. The summed E-state index contributed by atoms with van der Waals surface area (Å²) < 4.78 is 0. The lowest BCUT2D eigenvalue weighted by Crippen LogP contribution is -2.66. The summed E-state index contributed by atoms with van der Waals surface area (Å²) in [6.45, 7) is 2.30. The SMILES string of the molecule is CCCCCCCCCCCCCCCCC[Si](c1ccccc1)(c1ccccc1)c1ccccc1. The van der Waals surface area contributed by atoms with E-state index in [0.29, 0.717) is 0 Å². The lowest BCUT2D eigenvalue weighted by molar-refractivity contribution is 0.534. The minimum Gasteiger partial charge on any atom is -0.0654 e.